The standard InChI is InChI=1S/C12H14BClFNO/c13-12(17)16-5-3-8(4-6-16)10-7-9(15)1-2-11(10)14/h1-2,7-8H,3-6,13H2. The second kappa shape index (κ2) is 5.09. The third-order valence-corrected chi connectivity index (χ3v) is 3.68. The van der Waals surface area contributed by atoms with Crippen molar-refractivity contribution in [2.24, 2.45) is 0 Å². The van der Waals surface area contributed by atoms with Crippen LogP contribution in [-0.4, -0.2) is 31.6 Å². The number of nitrogens with zero attached hydrogens (tertiary/aromatic N) is 1. The molecule has 1 fully saturated rings. The zero-order valence-corrected chi connectivity index (χ0v) is 10.5. The van der Waals surface area contributed by atoms with Gasteiger partial charge < -0.3 is 4.90 Å². The lowest BCUT2D eigenvalue weighted by atomic mass is 9.88. The largest absolute Gasteiger partial charge is 0.352 e. The number of halogens is 2. The fourth-order valence-corrected chi connectivity index (χ4v) is 2.60. The van der Waals surface area contributed by atoms with Crippen molar-refractivity contribution in [3.63, 3.8) is 0 Å². The maximum Gasteiger partial charge on any atom is 0.215 e. The van der Waals surface area contributed by atoms with Gasteiger partial charge in [0.25, 0.3) is 0 Å². The minimum Gasteiger partial charge on any atom is -0.352 e. The Morgan fingerprint density at radius 2 is 2.06 bits per heavy atom. The molecule has 0 bridgehead atoms. The van der Waals surface area contributed by atoms with Crippen molar-refractivity contribution in [2.45, 2.75) is 18.8 Å². The summed E-state index contributed by atoms with van der Waals surface area (Å²) < 4.78 is 13.2. The Balaban J connectivity index is 2.10. The molecule has 0 atom stereocenters. The van der Waals surface area contributed by atoms with Crippen molar-refractivity contribution in [1.82, 2.24) is 4.90 Å². The average Bonchev–Trinajstić information content (AvgIpc) is 2.32. The van der Waals surface area contributed by atoms with Crippen LogP contribution in [0, 0.1) is 5.82 Å². The van der Waals surface area contributed by atoms with Crippen molar-refractivity contribution in [3.05, 3.63) is 34.6 Å². The van der Waals surface area contributed by atoms with Crippen LogP contribution in [0.25, 0.3) is 0 Å². The van der Waals surface area contributed by atoms with E-state index in [2.05, 4.69) is 0 Å². The molecule has 1 heterocycles. The van der Waals surface area contributed by atoms with Crippen molar-refractivity contribution in [1.29, 1.82) is 0 Å². The topological polar surface area (TPSA) is 20.3 Å². The van der Waals surface area contributed by atoms with Crippen LogP contribution in [0.2, 0.25) is 5.02 Å². The molecule has 1 aromatic carbocycles. The first-order valence-corrected chi connectivity index (χ1v) is 6.16. The van der Waals surface area contributed by atoms with E-state index in [-0.39, 0.29) is 17.5 Å². The molecule has 0 radical (unpaired) electrons. The third kappa shape index (κ3) is 2.81. The SMILES string of the molecule is BC(=O)N1CCC(c2cc(F)ccc2Cl)CC1. The molecule has 1 aliphatic rings. The van der Waals surface area contributed by atoms with Gasteiger partial charge in [-0.3, -0.25) is 4.79 Å². The number of likely N-dealkylation sites (tertiary alicyclic amines) is 1. The fourth-order valence-electron chi connectivity index (χ4n) is 2.33. The number of amides is 1. The highest BCUT2D eigenvalue weighted by atomic mass is 35.5. The maximum absolute atomic E-state index is 13.2. The second-order valence-corrected chi connectivity index (χ2v) is 4.85. The van der Waals surface area contributed by atoms with Gasteiger partial charge in [0.1, 0.15) is 5.82 Å². The van der Waals surface area contributed by atoms with Crippen molar-refractivity contribution < 1.29 is 9.18 Å². The van der Waals surface area contributed by atoms with E-state index in [1.165, 1.54) is 12.1 Å². The Morgan fingerprint density at radius 3 is 2.65 bits per heavy atom. The van der Waals surface area contributed by atoms with Crippen LogP contribution in [0.3, 0.4) is 0 Å². The highest BCUT2D eigenvalue weighted by Crippen LogP contribution is 2.33. The van der Waals surface area contributed by atoms with Crippen LogP contribution in [0.4, 0.5) is 9.18 Å². The molecule has 2 nitrogen and oxygen atoms in total. The lowest BCUT2D eigenvalue weighted by Crippen LogP contribution is -2.37. The van der Waals surface area contributed by atoms with Gasteiger partial charge in [-0.1, -0.05) is 11.6 Å². The van der Waals surface area contributed by atoms with E-state index >= 15 is 0 Å². The lowest BCUT2D eigenvalue weighted by Gasteiger charge is -2.32. The Hall–Kier alpha value is -1.03. The summed E-state index contributed by atoms with van der Waals surface area (Å²) in [5.74, 6) is 0.112. The molecule has 5 heteroatoms. The summed E-state index contributed by atoms with van der Waals surface area (Å²) in [7, 11) is 1.58. The number of piperidine rings is 1. The highest BCUT2D eigenvalue weighted by molar-refractivity contribution is 6.56. The molecule has 0 aliphatic carbocycles. The molecule has 0 saturated carbocycles. The molecule has 1 amide bonds. The van der Waals surface area contributed by atoms with E-state index in [1.54, 1.807) is 13.9 Å². The highest BCUT2D eigenvalue weighted by Gasteiger charge is 2.23. The molecule has 17 heavy (non-hydrogen) atoms. The van der Waals surface area contributed by atoms with Gasteiger partial charge in [-0.25, -0.2) is 4.39 Å². The van der Waals surface area contributed by atoms with Crippen LogP contribution in [0.15, 0.2) is 18.2 Å². The Kier molecular flexibility index (Phi) is 3.72. The summed E-state index contributed by atoms with van der Waals surface area (Å²) in [5.41, 5.74) is 0.870. The molecule has 0 unspecified atom stereocenters. The Labute approximate surface area is 106 Å². The zero-order valence-electron chi connectivity index (χ0n) is 9.75. The lowest BCUT2D eigenvalue weighted by molar-refractivity contribution is 0.204. The molecule has 90 valence electrons. The summed E-state index contributed by atoms with van der Waals surface area (Å²) in [5, 5.41) is 0.618. The van der Waals surface area contributed by atoms with Gasteiger partial charge in [0.05, 0.1) is 0 Å². The number of rotatable bonds is 1. The van der Waals surface area contributed by atoms with Crippen LogP contribution in [-0.2, 0) is 0 Å². The first-order valence-electron chi connectivity index (χ1n) is 5.78. The van der Waals surface area contributed by atoms with Crippen LogP contribution >= 0.6 is 11.6 Å². The molecule has 1 aliphatic heterocycles. The molecular formula is C12H14BClFNO. The monoisotopic (exact) mass is 253 g/mol. The summed E-state index contributed by atoms with van der Waals surface area (Å²) in [6.45, 7) is 1.46. The first kappa shape index (κ1) is 12.4. The van der Waals surface area contributed by atoms with E-state index < -0.39 is 0 Å². The molecular weight excluding hydrogens is 239 g/mol. The predicted molar refractivity (Wildman–Crippen MR) is 68.9 cm³/mol. The molecule has 1 aromatic rings. The molecule has 0 N–H and O–H groups in total. The number of benzene rings is 1. The van der Waals surface area contributed by atoms with Crippen molar-refractivity contribution in [2.75, 3.05) is 13.1 Å². The molecule has 0 aromatic heterocycles. The van der Waals surface area contributed by atoms with Gasteiger partial charge in [-0.2, -0.15) is 0 Å². The Bertz CT molecular complexity index is 433. The van der Waals surface area contributed by atoms with E-state index in [0.29, 0.717) is 5.02 Å². The quantitative estimate of drug-likeness (QED) is 0.704. The average molecular weight is 254 g/mol. The number of carbonyl (C=O) groups excluding carboxylic acids is 1. The van der Waals surface area contributed by atoms with Crippen LogP contribution in [0.5, 0.6) is 0 Å². The van der Waals surface area contributed by atoms with E-state index in [0.717, 1.165) is 31.5 Å². The van der Waals surface area contributed by atoms with Gasteiger partial charge >= 0.3 is 0 Å². The van der Waals surface area contributed by atoms with Crippen molar-refractivity contribution in [3.8, 4) is 0 Å². The minimum atomic E-state index is -0.251. The molecule has 0 spiro atoms. The van der Waals surface area contributed by atoms with E-state index in [9.17, 15) is 9.18 Å². The van der Waals surface area contributed by atoms with E-state index in [1.807, 2.05) is 4.90 Å². The van der Waals surface area contributed by atoms with E-state index in [4.69, 9.17) is 11.6 Å². The van der Waals surface area contributed by atoms with Gasteiger partial charge in [0.2, 0.25) is 7.85 Å². The molecule has 1 saturated heterocycles. The fraction of sp³-hybridized carbons (Fsp3) is 0.417. The van der Waals surface area contributed by atoms with Gasteiger partial charge in [-0.05, 0) is 42.5 Å². The van der Waals surface area contributed by atoms with Gasteiger partial charge in [0, 0.05) is 18.1 Å². The Morgan fingerprint density at radius 1 is 1.41 bits per heavy atom. The smallest absolute Gasteiger partial charge is 0.215 e. The van der Waals surface area contributed by atoms with Crippen LogP contribution < -0.4 is 0 Å². The number of carbonyl (C=O) groups is 1. The summed E-state index contributed by atoms with van der Waals surface area (Å²) >= 11 is 6.08. The maximum atomic E-state index is 13.2. The van der Waals surface area contributed by atoms with Crippen molar-refractivity contribution >= 4 is 25.3 Å². The number of hydrogen-bond donors (Lipinski definition) is 0. The second-order valence-electron chi connectivity index (χ2n) is 4.45. The number of hydrogen-bond acceptors (Lipinski definition) is 1. The summed E-state index contributed by atoms with van der Waals surface area (Å²) in [6, 6.07) is 4.48. The predicted octanol–water partition coefficient (Wildman–Crippen LogP) is 2.41. The minimum absolute atomic E-state index is 0.105. The third-order valence-electron chi connectivity index (χ3n) is 3.34. The normalized spacial score (nSPS) is 17.2. The first-order chi connectivity index (χ1) is 8.08. The van der Waals surface area contributed by atoms with Gasteiger partial charge in [0.15, 0.2) is 5.81 Å². The van der Waals surface area contributed by atoms with Crippen LogP contribution in [0.1, 0.15) is 24.3 Å². The summed E-state index contributed by atoms with van der Waals surface area (Å²) in [4.78, 5) is 13.0. The van der Waals surface area contributed by atoms with Gasteiger partial charge in [-0.15, -0.1) is 0 Å². The molecule has 2 rings (SSSR count). The summed E-state index contributed by atoms with van der Waals surface area (Å²) in [6.07, 6.45) is 1.70. The zero-order chi connectivity index (χ0) is 12.4.